The molecule has 1 aliphatic rings. The van der Waals surface area contributed by atoms with Crippen molar-refractivity contribution in [2.24, 2.45) is 0 Å². The van der Waals surface area contributed by atoms with Crippen LogP contribution >= 0.6 is 0 Å². The number of ether oxygens (including phenoxy) is 1. The minimum Gasteiger partial charge on any atom is -0.394 e. The van der Waals surface area contributed by atoms with Gasteiger partial charge in [-0.3, -0.25) is 19.8 Å². The molecule has 1 saturated heterocycles. The molecule has 0 aromatic carbocycles. The molecule has 5 N–H and O–H groups in total. The van der Waals surface area contributed by atoms with Gasteiger partial charge >= 0.3 is 0 Å². The number of hydrogen-bond acceptors (Lipinski definition) is 6. The maximum absolute atomic E-state index is 11.8. The molecule has 9 heteroatoms. The fourth-order valence-electron chi connectivity index (χ4n) is 2.43. The quantitative estimate of drug-likeness (QED) is 0.417. The highest BCUT2D eigenvalue weighted by Crippen LogP contribution is 2.30. The summed E-state index contributed by atoms with van der Waals surface area (Å²) < 4.78 is 6.60. The number of nitrogens with one attached hydrogen (secondary N) is 2. The second-order valence-corrected chi connectivity index (χ2v) is 4.62. The van der Waals surface area contributed by atoms with Crippen molar-refractivity contribution in [1.29, 1.82) is 0 Å². The van der Waals surface area contributed by atoms with Gasteiger partial charge in [0.15, 0.2) is 6.23 Å². The molecule has 2 aromatic heterocycles. The van der Waals surface area contributed by atoms with Crippen molar-refractivity contribution >= 4 is 10.9 Å². The van der Waals surface area contributed by atoms with Crippen LogP contribution in [0.1, 0.15) is 6.23 Å². The monoisotopic (exact) mass is 283 g/mol. The summed E-state index contributed by atoms with van der Waals surface area (Å²) in [5, 5.41) is 33.2. The molecule has 1 fully saturated rings. The molecule has 3 rings (SSSR count). The number of rotatable bonds is 2. The number of hydrogen-bond donors (Lipinski definition) is 5. The summed E-state index contributed by atoms with van der Waals surface area (Å²) in [7, 11) is 0. The van der Waals surface area contributed by atoms with E-state index in [1.165, 1.54) is 16.8 Å². The first-order chi connectivity index (χ1) is 9.54. The lowest BCUT2D eigenvalue weighted by Gasteiger charge is -2.17. The molecule has 108 valence electrons. The van der Waals surface area contributed by atoms with E-state index >= 15 is 0 Å². The molecule has 3 heterocycles. The number of aliphatic hydroxyl groups is 3. The Kier molecular flexibility index (Phi) is 2.98. The Morgan fingerprint density at radius 1 is 1.20 bits per heavy atom. The van der Waals surface area contributed by atoms with E-state index < -0.39 is 42.3 Å². The predicted molar refractivity (Wildman–Crippen MR) is 66.2 cm³/mol. The van der Waals surface area contributed by atoms with Gasteiger partial charge in [0.1, 0.15) is 23.8 Å². The SMILES string of the molecule is O=c1[nH][nH]c(=O)c2c1ccn2[C@@H]1O[C@H](CO)[C@@H](O)[C@H]1O. The summed E-state index contributed by atoms with van der Waals surface area (Å²) in [6.07, 6.45) is -3.18. The van der Waals surface area contributed by atoms with Gasteiger partial charge in [0.2, 0.25) is 0 Å². The molecule has 0 radical (unpaired) electrons. The van der Waals surface area contributed by atoms with Crippen LogP contribution in [-0.4, -0.2) is 55.0 Å². The average Bonchev–Trinajstić information content (AvgIpc) is 2.99. The molecule has 2 aromatic rings. The Labute approximate surface area is 111 Å². The van der Waals surface area contributed by atoms with Crippen molar-refractivity contribution in [3.05, 3.63) is 33.0 Å². The van der Waals surface area contributed by atoms with E-state index in [1.54, 1.807) is 0 Å². The maximum atomic E-state index is 11.8. The van der Waals surface area contributed by atoms with Gasteiger partial charge in [-0.2, -0.15) is 0 Å². The summed E-state index contributed by atoms with van der Waals surface area (Å²) in [6, 6.07) is 1.41. The highest BCUT2D eigenvalue weighted by molar-refractivity contribution is 5.77. The molecular formula is C11H13N3O6. The molecule has 20 heavy (non-hydrogen) atoms. The minimum atomic E-state index is -1.32. The van der Waals surface area contributed by atoms with E-state index in [0.29, 0.717) is 0 Å². The van der Waals surface area contributed by atoms with Crippen LogP contribution in [0.4, 0.5) is 0 Å². The number of fused-ring (bicyclic) bond motifs is 1. The van der Waals surface area contributed by atoms with E-state index in [9.17, 15) is 19.8 Å². The fourth-order valence-corrected chi connectivity index (χ4v) is 2.43. The minimum absolute atomic E-state index is 0.0311. The zero-order valence-corrected chi connectivity index (χ0v) is 10.2. The van der Waals surface area contributed by atoms with Gasteiger partial charge in [-0.1, -0.05) is 0 Å². The molecule has 0 saturated carbocycles. The summed E-state index contributed by atoms with van der Waals surface area (Å²) in [4.78, 5) is 23.4. The van der Waals surface area contributed by atoms with E-state index in [0.717, 1.165) is 0 Å². The average molecular weight is 283 g/mol. The first-order valence-corrected chi connectivity index (χ1v) is 5.98. The van der Waals surface area contributed by atoms with Crippen molar-refractivity contribution < 1.29 is 20.1 Å². The van der Waals surface area contributed by atoms with Crippen LogP contribution in [0, 0.1) is 0 Å². The number of aliphatic hydroxyl groups excluding tert-OH is 3. The second kappa shape index (κ2) is 4.56. The normalized spacial score (nSPS) is 30.1. The van der Waals surface area contributed by atoms with E-state index in [2.05, 4.69) is 10.2 Å². The number of nitrogens with zero attached hydrogens (tertiary/aromatic N) is 1. The summed E-state index contributed by atoms with van der Waals surface area (Å²) in [5.74, 6) is 0. The van der Waals surface area contributed by atoms with Crippen molar-refractivity contribution in [2.45, 2.75) is 24.5 Å². The largest absolute Gasteiger partial charge is 0.394 e. The third-order valence-corrected chi connectivity index (χ3v) is 3.46. The van der Waals surface area contributed by atoms with Gasteiger partial charge in [-0.05, 0) is 6.07 Å². The summed E-state index contributed by atoms with van der Waals surface area (Å²) in [5.41, 5.74) is -1.00. The molecule has 1 aliphatic heterocycles. The third kappa shape index (κ3) is 1.72. The summed E-state index contributed by atoms with van der Waals surface area (Å²) >= 11 is 0. The Morgan fingerprint density at radius 2 is 1.90 bits per heavy atom. The van der Waals surface area contributed by atoms with Crippen molar-refractivity contribution in [3.8, 4) is 0 Å². The highest BCUT2D eigenvalue weighted by Gasteiger charge is 2.43. The molecule has 0 bridgehead atoms. The number of aromatic amines is 2. The maximum Gasteiger partial charge on any atom is 0.287 e. The van der Waals surface area contributed by atoms with E-state index in [1.807, 2.05) is 0 Å². The Hall–Kier alpha value is -1.94. The summed E-state index contributed by atoms with van der Waals surface area (Å²) in [6.45, 7) is -0.467. The van der Waals surface area contributed by atoms with E-state index in [-0.39, 0.29) is 10.9 Å². The molecule has 0 amide bonds. The Bertz CT molecular complexity index is 746. The first kappa shape index (κ1) is 13.1. The van der Waals surface area contributed by atoms with E-state index in [4.69, 9.17) is 9.84 Å². The van der Waals surface area contributed by atoms with Crippen molar-refractivity contribution in [2.75, 3.05) is 6.61 Å². The van der Waals surface area contributed by atoms with Crippen LogP contribution in [0.3, 0.4) is 0 Å². The topological polar surface area (TPSA) is 141 Å². The lowest BCUT2D eigenvalue weighted by Crippen LogP contribution is -2.33. The lowest BCUT2D eigenvalue weighted by molar-refractivity contribution is -0.0507. The van der Waals surface area contributed by atoms with Gasteiger partial charge in [-0.15, -0.1) is 0 Å². The van der Waals surface area contributed by atoms with Crippen LogP contribution in [0.5, 0.6) is 0 Å². The van der Waals surface area contributed by atoms with Crippen LogP contribution in [0.15, 0.2) is 21.9 Å². The zero-order valence-electron chi connectivity index (χ0n) is 10.2. The van der Waals surface area contributed by atoms with Gasteiger partial charge in [0.25, 0.3) is 11.1 Å². The standard InChI is InChI=1S/C11H13N3O6/c15-3-5-7(16)8(17)11(20-5)14-2-1-4-6(14)10(19)13-12-9(4)18/h1-2,5,7-8,11,15-17H,3H2,(H,12,18)(H,13,19)/t5-,7-,8-,11-/m1/s1. The van der Waals surface area contributed by atoms with Crippen LogP contribution in [-0.2, 0) is 4.74 Å². The van der Waals surface area contributed by atoms with Gasteiger partial charge in [0.05, 0.1) is 12.0 Å². The second-order valence-electron chi connectivity index (χ2n) is 4.62. The third-order valence-electron chi connectivity index (χ3n) is 3.46. The van der Waals surface area contributed by atoms with Crippen molar-refractivity contribution in [1.82, 2.24) is 14.8 Å². The molecular weight excluding hydrogens is 270 g/mol. The molecule has 0 aliphatic carbocycles. The first-order valence-electron chi connectivity index (χ1n) is 5.98. The molecule has 0 spiro atoms. The van der Waals surface area contributed by atoms with Gasteiger partial charge in [-0.25, -0.2) is 0 Å². The van der Waals surface area contributed by atoms with Crippen LogP contribution in [0.2, 0.25) is 0 Å². The van der Waals surface area contributed by atoms with Crippen LogP contribution < -0.4 is 11.1 Å². The predicted octanol–water partition coefficient (Wildman–Crippen LogP) is -2.37. The smallest absolute Gasteiger partial charge is 0.287 e. The van der Waals surface area contributed by atoms with Crippen molar-refractivity contribution in [3.63, 3.8) is 0 Å². The van der Waals surface area contributed by atoms with Gasteiger partial charge in [0, 0.05) is 6.20 Å². The highest BCUT2D eigenvalue weighted by atomic mass is 16.6. The fraction of sp³-hybridized carbons (Fsp3) is 0.455. The lowest BCUT2D eigenvalue weighted by atomic mass is 10.1. The Morgan fingerprint density at radius 3 is 2.55 bits per heavy atom. The van der Waals surface area contributed by atoms with Crippen LogP contribution in [0.25, 0.3) is 10.9 Å². The molecule has 0 unspecified atom stereocenters. The Balaban J connectivity index is 2.15. The molecule has 9 nitrogen and oxygen atoms in total. The zero-order chi connectivity index (χ0) is 14.4. The van der Waals surface area contributed by atoms with Gasteiger partial charge < -0.3 is 24.6 Å². The molecule has 4 atom stereocenters. The number of H-pyrrole nitrogens is 2. The number of aromatic nitrogens is 3.